The molecule has 0 spiro atoms. The van der Waals surface area contributed by atoms with Gasteiger partial charge in [0.15, 0.2) is 0 Å². The zero-order chi connectivity index (χ0) is 32.9. The number of hydrogen-bond donors (Lipinski definition) is 1. The molecule has 4 unspecified atom stereocenters. The van der Waals surface area contributed by atoms with E-state index in [1.54, 1.807) is 7.11 Å². The number of pyridine rings is 1. The number of aliphatic hydroxyl groups is 1. The molecule has 0 aliphatic carbocycles. The first kappa shape index (κ1) is 38.4. The topological polar surface area (TPSA) is 48.8 Å². The minimum Gasteiger partial charge on any atom is -0.481 e. The van der Waals surface area contributed by atoms with Crippen molar-refractivity contribution in [2.75, 3.05) is 26.7 Å². The summed E-state index contributed by atoms with van der Waals surface area (Å²) in [5, 5.41) is 14.1. The van der Waals surface area contributed by atoms with Crippen molar-refractivity contribution in [2.45, 2.75) is 68.7 Å². The largest absolute Gasteiger partial charge is 0.481 e. The van der Waals surface area contributed by atoms with Crippen LogP contribution in [-0.4, -0.2) is 64.3 Å². The Labute approximate surface area is 320 Å². The van der Waals surface area contributed by atoms with E-state index in [2.05, 4.69) is 123 Å². The fourth-order valence-electron chi connectivity index (χ4n) is 8.22. The second-order valence-corrected chi connectivity index (χ2v) is 14.7. The van der Waals surface area contributed by atoms with Gasteiger partial charge < -0.3 is 9.84 Å². The molecule has 7 rings (SSSR count). The third-order valence-electron chi connectivity index (χ3n) is 10.6. The van der Waals surface area contributed by atoms with Crippen LogP contribution in [0.3, 0.4) is 0 Å². The molecule has 2 fully saturated rings. The highest BCUT2D eigenvalue weighted by molar-refractivity contribution is 9.10. The summed E-state index contributed by atoms with van der Waals surface area (Å²) in [5.41, 5.74) is 4.52. The highest BCUT2D eigenvalue weighted by Gasteiger charge is 2.43. The fraction of sp³-hybridized carbons (Fsp3) is 0.357. The van der Waals surface area contributed by atoms with E-state index in [1.165, 1.54) is 17.5 Å². The second-order valence-electron chi connectivity index (χ2n) is 13.8. The molecule has 1 aromatic heterocycles. The van der Waals surface area contributed by atoms with E-state index in [-0.39, 0.29) is 32.9 Å². The van der Waals surface area contributed by atoms with E-state index < -0.39 is 5.60 Å². The van der Waals surface area contributed by atoms with Crippen LogP contribution in [0.15, 0.2) is 120 Å². The number of rotatable bonds is 14. The lowest BCUT2D eigenvalue weighted by molar-refractivity contribution is 0.00295. The second kappa shape index (κ2) is 17.6. The summed E-state index contributed by atoms with van der Waals surface area (Å²) in [4.78, 5) is 10.3. The molecule has 1 N–H and O–H groups in total. The van der Waals surface area contributed by atoms with Gasteiger partial charge in [-0.1, -0.05) is 107 Å². The lowest BCUT2D eigenvalue weighted by atomic mass is 9.72. The molecule has 264 valence electrons. The number of methoxy groups -OCH3 is 1. The number of hydrogen-bond acceptors (Lipinski definition) is 5. The number of ether oxygens (including phenoxy) is 1. The zero-order valence-corrected chi connectivity index (χ0v) is 32.4. The first-order valence-corrected chi connectivity index (χ1v) is 18.3. The van der Waals surface area contributed by atoms with Gasteiger partial charge in [-0.15, -0.1) is 0 Å². The first-order valence-electron chi connectivity index (χ1n) is 17.5. The molecule has 5 nitrogen and oxygen atoms in total. The number of halogens is 1. The van der Waals surface area contributed by atoms with Gasteiger partial charge >= 0.3 is 0 Å². The normalized spacial score (nSPS) is 19.0. The quantitative estimate of drug-likeness (QED) is 0.114. The van der Waals surface area contributed by atoms with Crippen LogP contribution in [0.2, 0.25) is 0 Å². The predicted octanol–water partition coefficient (Wildman–Crippen LogP) is 8.86. The Bertz CT molecular complexity index is 1800. The van der Waals surface area contributed by atoms with Crippen molar-refractivity contribution in [3.8, 4) is 5.88 Å². The van der Waals surface area contributed by atoms with Crippen molar-refractivity contribution in [3.05, 3.63) is 142 Å². The highest BCUT2D eigenvalue weighted by Crippen LogP contribution is 2.45. The highest BCUT2D eigenvalue weighted by atomic mass is 79.9. The van der Waals surface area contributed by atoms with Crippen LogP contribution < -0.4 is 4.74 Å². The van der Waals surface area contributed by atoms with E-state index >= 15 is 0 Å². The minimum absolute atomic E-state index is 0. The van der Waals surface area contributed by atoms with Gasteiger partial charge in [0.2, 0.25) is 5.88 Å². The first-order chi connectivity index (χ1) is 23.5. The predicted molar refractivity (Wildman–Crippen MR) is 219 cm³/mol. The Morgan fingerprint density at radius 2 is 1.44 bits per heavy atom. The standard InChI is InChI=1S/C42H46BrN3O2.2H2S/c1-48-41-38(26-34-25-35(43)19-20-39(34)44-41)40(33-17-9-4-10-18-33)42(47,23-21-31-13-5-2-6-14-31)22-11-12-24-45-29-37-27-36(45)30-46(37)28-32-15-7-3-8-16-32;;/h2-10,13-20,25-26,36-37,40,47H,11-12,21-24,27-30H2,1H3;2*1H2. The molecule has 2 saturated heterocycles. The van der Waals surface area contributed by atoms with Crippen molar-refractivity contribution in [1.29, 1.82) is 0 Å². The minimum atomic E-state index is -1.01. The summed E-state index contributed by atoms with van der Waals surface area (Å²) in [7, 11) is 1.69. The molecule has 8 heteroatoms. The lowest BCUT2D eigenvalue weighted by Crippen LogP contribution is -2.46. The van der Waals surface area contributed by atoms with Gasteiger partial charge in [0, 0.05) is 53.1 Å². The maximum Gasteiger partial charge on any atom is 0.217 e. The van der Waals surface area contributed by atoms with Crippen LogP contribution in [0, 0.1) is 0 Å². The molecular weight excluding hydrogens is 723 g/mol. The Morgan fingerprint density at radius 1 is 0.800 bits per heavy atom. The summed E-state index contributed by atoms with van der Waals surface area (Å²) < 4.78 is 6.97. The molecule has 2 bridgehead atoms. The van der Waals surface area contributed by atoms with E-state index in [0.717, 1.165) is 71.9 Å². The molecule has 2 aliphatic rings. The molecular formula is C42H50BrN3O2S2. The zero-order valence-electron chi connectivity index (χ0n) is 28.8. The SMILES string of the molecule is COc1nc2ccc(Br)cc2cc1C(c1ccccc1)C(O)(CCCCN1CC2CC1CN2Cc1ccccc1)CCc1ccccc1.S.S. The van der Waals surface area contributed by atoms with Crippen LogP contribution in [0.1, 0.15) is 60.3 Å². The van der Waals surface area contributed by atoms with Crippen molar-refractivity contribution >= 4 is 53.8 Å². The van der Waals surface area contributed by atoms with E-state index in [9.17, 15) is 5.11 Å². The number of likely N-dealkylation sites (tertiary alicyclic amines) is 2. The Hall–Kier alpha value is -2.85. The van der Waals surface area contributed by atoms with E-state index in [4.69, 9.17) is 9.72 Å². The molecule has 0 amide bonds. The number of unbranched alkanes of at least 4 members (excludes halogenated alkanes) is 1. The molecule has 0 saturated carbocycles. The van der Waals surface area contributed by atoms with Gasteiger partial charge in [0.05, 0.1) is 18.2 Å². The monoisotopic (exact) mass is 771 g/mol. The average Bonchev–Trinajstić information content (AvgIpc) is 3.71. The van der Waals surface area contributed by atoms with Gasteiger partial charge in [-0.25, -0.2) is 4.98 Å². The molecule has 4 atom stereocenters. The summed E-state index contributed by atoms with van der Waals surface area (Å²) in [5.74, 6) is 0.271. The fourth-order valence-corrected chi connectivity index (χ4v) is 8.60. The molecule has 50 heavy (non-hydrogen) atoms. The summed E-state index contributed by atoms with van der Waals surface area (Å²) in [6.45, 7) is 4.44. The summed E-state index contributed by atoms with van der Waals surface area (Å²) in [6, 6.07) is 41.5. The Morgan fingerprint density at radius 3 is 2.10 bits per heavy atom. The average molecular weight is 773 g/mol. The van der Waals surface area contributed by atoms with Gasteiger partial charge in [-0.3, -0.25) is 9.80 Å². The number of nitrogens with zero attached hydrogens (tertiary/aromatic N) is 3. The van der Waals surface area contributed by atoms with Crippen LogP contribution in [-0.2, 0) is 13.0 Å². The van der Waals surface area contributed by atoms with Crippen molar-refractivity contribution in [3.63, 3.8) is 0 Å². The van der Waals surface area contributed by atoms with Crippen molar-refractivity contribution in [2.24, 2.45) is 0 Å². The van der Waals surface area contributed by atoms with E-state index in [0.29, 0.717) is 30.8 Å². The van der Waals surface area contributed by atoms with Crippen molar-refractivity contribution < 1.29 is 9.84 Å². The van der Waals surface area contributed by atoms with Crippen LogP contribution >= 0.6 is 42.9 Å². The smallest absolute Gasteiger partial charge is 0.217 e. The number of piperazine rings is 1. The van der Waals surface area contributed by atoms with Gasteiger partial charge in [0.1, 0.15) is 0 Å². The Kier molecular flexibility index (Phi) is 13.5. The van der Waals surface area contributed by atoms with Crippen LogP contribution in [0.25, 0.3) is 10.9 Å². The van der Waals surface area contributed by atoms with Crippen LogP contribution in [0.5, 0.6) is 5.88 Å². The summed E-state index contributed by atoms with van der Waals surface area (Å²) >= 11 is 3.65. The third kappa shape index (κ3) is 8.77. The number of aromatic nitrogens is 1. The lowest BCUT2D eigenvalue weighted by Gasteiger charge is -2.38. The molecule has 4 aromatic carbocycles. The molecule has 0 radical (unpaired) electrons. The van der Waals surface area contributed by atoms with Gasteiger partial charge in [0.25, 0.3) is 0 Å². The molecule has 3 heterocycles. The maximum atomic E-state index is 13.0. The summed E-state index contributed by atoms with van der Waals surface area (Å²) in [6.07, 6.45) is 5.42. The number of fused-ring (bicyclic) bond motifs is 3. The van der Waals surface area contributed by atoms with Gasteiger partial charge in [-0.2, -0.15) is 27.0 Å². The maximum absolute atomic E-state index is 13.0. The number of benzene rings is 4. The third-order valence-corrected chi connectivity index (χ3v) is 11.1. The van der Waals surface area contributed by atoms with E-state index in [1.807, 2.05) is 18.2 Å². The Balaban J connectivity index is 0.00000243. The molecule has 5 aromatic rings. The number of aryl methyl sites for hydroxylation is 1. The van der Waals surface area contributed by atoms with Gasteiger partial charge in [-0.05, 0) is 86.0 Å². The van der Waals surface area contributed by atoms with Crippen molar-refractivity contribution in [1.82, 2.24) is 14.8 Å². The van der Waals surface area contributed by atoms with Crippen LogP contribution in [0.4, 0.5) is 0 Å². The molecule has 2 aliphatic heterocycles.